The van der Waals surface area contributed by atoms with Crippen LogP contribution in [0.1, 0.15) is 18.1 Å². The number of amides is 1. The summed E-state index contributed by atoms with van der Waals surface area (Å²) in [5.41, 5.74) is 6.20. The molecule has 3 rings (SSSR count). The number of nitrogens with zero attached hydrogens (tertiary/aromatic N) is 5. The monoisotopic (exact) mass is 547 g/mol. The Kier molecular flexibility index (Phi) is 6.62. The van der Waals surface area contributed by atoms with Crippen LogP contribution in [0.2, 0.25) is 0 Å². The number of hydrogen-bond donors (Lipinski definition) is 2. The molecule has 0 aliphatic rings. The molecule has 156 valence electrons. The molecular weight excluding hydrogens is 533 g/mol. The Morgan fingerprint density at radius 2 is 1.97 bits per heavy atom. The molecule has 2 aromatic heterocycles. The number of carbonyl (C=O) groups is 1. The lowest BCUT2D eigenvalue weighted by Crippen LogP contribution is -2.32. The van der Waals surface area contributed by atoms with Gasteiger partial charge in [-0.1, -0.05) is 16.4 Å². The predicted molar refractivity (Wildman–Crippen MR) is 117 cm³/mol. The van der Waals surface area contributed by atoms with Crippen molar-refractivity contribution in [3.8, 4) is 29.3 Å². The van der Waals surface area contributed by atoms with Crippen molar-refractivity contribution in [3.63, 3.8) is 0 Å². The topological polar surface area (TPSA) is 169 Å². The Morgan fingerprint density at radius 1 is 1.32 bits per heavy atom. The summed E-state index contributed by atoms with van der Waals surface area (Å²) in [5, 5.41) is 37.2. The molecule has 0 saturated heterocycles. The number of aromatic nitrogens is 3. The second-order valence-corrected chi connectivity index (χ2v) is 8.81. The summed E-state index contributed by atoms with van der Waals surface area (Å²) in [4.78, 5) is 16.8. The molecule has 3 aromatic rings. The van der Waals surface area contributed by atoms with Crippen LogP contribution >= 0.6 is 34.4 Å². The summed E-state index contributed by atoms with van der Waals surface area (Å²) < 4.78 is 6.77. The number of halogens is 1. The van der Waals surface area contributed by atoms with E-state index >= 15 is 0 Å². The molecule has 0 radical (unpaired) electrons. The van der Waals surface area contributed by atoms with Crippen LogP contribution < -0.4 is 20.8 Å². The van der Waals surface area contributed by atoms with E-state index in [0.29, 0.717) is 5.69 Å². The molecule has 3 N–H and O–H groups in total. The van der Waals surface area contributed by atoms with Crippen molar-refractivity contribution in [2.75, 3.05) is 11.1 Å². The van der Waals surface area contributed by atoms with E-state index in [1.54, 1.807) is 19.1 Å². The van der Waals surface area contributed by atoms with Crippen LogP contribution in [0.4, 0.5) is 11.5 Å². The average Bonchev–Trinajstić information content (AvgIpc) is 3.07. The van der Waals surface area contributed by atoms with Crippen LogP contribution in [-0.4, -0.2) is 21.4 Å². The minimum atomic E-state index is -0.832. The minimum absolute atomic E-state index is 0.0287. The van der Waals surface area contributed by atoms with E-state index < -0.39 is 11.2 Å². The van der Waals surface area contributed by atoms with Crippen LogP contribution in [0.25, 0.3) is 11.3 Å². The zero-order chi connectivity index (χ0) is 22.7. The van der Waals surface area contributed by atoms with Gasteiger partial charge in [0, 0.05) is 9.26 Å². The van der Waals surface area contributed by atoms with Gasteiger partial charge in [-0.3, -0.25) is 4.79 Å². The minimum Gasteiger partial charge on any atom is -0.539 e. The van der Waals surface area contributed by atoms with Crippen molar-refractivity contribution >= 4 is 51.8 Å². The molecule has 0 saturated carbocycles. The Balaban J connectivity index is 2.00. The summed E-state index contributed by atoms with van der Waals surface area (Å²) in [7, 11) is 1.43. The lowest BCUT2D eigenvalue weighted by molar-refractivity contribution is -0.730. The Morgan fingerprint density at radius 3 is 2.52 bits per heavy atom. The molecular formula is C19H14IN7O3S. The predicted octanol–water partition coefficient (Wildman–Crippen LogP) is 1.68. The molecule has 1 aromatic carbocycles. The molecule has 31 heavy (non-hydrogen) atoms. The Hall–Kier alpha value is -3.36. The van der Waals surface area contributed by atoms with Gasteiger partial charge in [0.2, 0.25) is 5.91 Å². The smallest absolute Gasteiger partial charge is 0.266 e. The quantitative estimate of drug-likeness (QED) is 0.274. The number of carbonyl (C=O) groups excluding carboxylic acids is 1. The van der Waals surface area contributed by atoms with E-state index in [4.69, 9.17) is 5.73 Å². The van der Waals surface area contributed by atoms with E-state index in [1.807, 2.05) is 24.3 Å². The summed E-state index contributed by atoms with van der Waals surface area (Å²) in [6.45, 7) is 1.64. The number of nitrogens with one attached hydrogen (secondary N) is 1. The first-order valence-electron chi connectivity index (χ1n) is 8.67. The van der Waals surface area contributed by atoms with Crippen LogP contribution in [-0.2, 0) is 11.8 Å². The average molecular weight is 547 g/mol. The Labute approximate surface area is 194 Å². The van der Waals surface area contributed by atoms with Crippen LogP contribution in [0, 0.1) is 26.2 Å². The third kappa shape index (κ3) is 4.55. The maximum absolute atomic E-state index is 12.6. The molecule has 0 aliphatic heterocycles. The lowest BCUT2D eigenvalue weighted by atomic mass is 10.0. The van der Waals surface area contributed by atoms with Gasteiger partial charge in [-0.2, -0.15) is 10.5 Å². The second-order valence-electron chi connectivity index (χ2n) is 6.24. The van der Waals surface area contributed by atoms with E-state index in [9.17, 15) is 20.4 Å². The van der Waals surface area contributed by atoms with Crippen LogP contribution in [0.15, 0.2) is 33.8 Å². The van der Waals surface area contributed by atoms with Crippen LogP contribution in [0.5, 0.6) is 5.95 Å². The standard InChI is InChI=1S/C19H14IN7O3S/c1-9(17(28)24-11-5-3-10(20)4-6-11)31-18-13(8-22)14(12(7-21)16(23)25-18)15-19(29)30-26-27(15)2/h3-6,9H,1-2H3,(H3-,23,24,25,26,28,29). The molecule has 2 heterocycles. The zero-order valence-electron chi connectivity index (χ0n) is 16.2. The molecule has 0 aliphatic carbocycles. The van der Waals surface area contributed by atoms with Crippen LogP contribution in [0.3, 0.4) is 0 Å². The third-order valence-electron chi connectivity index (χ3n) is 4.18. The van der Waals surface area contributed by atoms with Crippen molar-refractivity contribution in [2.24, 2.45) is 7.05 Å². The van der Waals surface area contributed by atoms with E-state index in [1.165, 1.54) is 7.05 Å². The number of nitrogens with two attached hydrogens (primary N) is 1. The number of benzene rings is 1. The Bertz CT molecular complexity index is 1230. The van der Waals surface area contributed by atoms with Crippen molar-refractivity contribution < 1.29 is 19.1 Å². The van der Waals surface area contributed by atoms with E-state index in [0.717, 1.165) is 20.0 Å². The van der Waals surface area contributed by atoms with Gasteiger partial charge in [0.25, 0.3) is 5.69 Å². The number of anilines is 2. The molecule has 10 nitrogen and oxygen atoms in total. The fraction of sp³-hybridized carbons (Fsp3) is 0.158. The largest absolute Gasteiger partial charge is 0.539 e. The van der Waals surface area contributed by atoms with Gasteiger partial charge < -0.3 is 20.7 Å². The highest BCUT2D eigenvalue weighted by molar-refractivity contribution is 14.1. The van der Waals surface area contributed by atoms with Gasteiger partial charge in [0.05, 0.1) is 21.6 Å². The van der Waals surface area contributed by atoms with Gasteiger partial charge in [0.1, 0.15) is 28.5 Å². The van der Waals surface area contributed by atoms with Crippen molar-refractivity contribution in [1.29, 1.82) is 10.5 Å². The summed E-state index contributed by atoms with van der Waals surface area (Å²) in [6.07, 6.45) is 0. The molecule has 0 spiro atoms. The van der Waals surface area contributed by atoms with Gasteiger partial charge in [0.15, 0.2) is 13.0 Å². The molecule has 0 bridgehead atoms. The third-order valence-corrected chi connectivity index (χ3v) is 5.99. The summed E-state index contributed by atoms with van der Waals surface area (Å²) in [6, 6.07) is 11.1. The number of nitrogen functional groups attached to an aromatic ring is 1. The highest BCUT2D eigenvalue weighted by Gasteiger charge is 2.30. The lowest BCUT2D eigenvalue weighted by Gasteiger charge is -2.15. The van der Waals surface area contributed by atoms with Crippen molar-refractivity contribution in [2.45, 2.75) is 17.2 Å². The zero-order valence-corrected chi connectivity index (χ0v) is 19.2. The fourth-order valence-electron chi connectivity index (χ4n) is 2.70. The van der Waals surface area contributed by atoms with Gasteiger partial charge >= 0.3 is 0 Å². The van der Waals surface area contributed by atoms with Crippen molar-refractivity contribution in [1.82, 2.24) is 10.3 Å². The first kappa shape index (κ1) is 22.3. The molecule has 1 unspecified atom stereocenters. The number of thioether (sulfide) groups is 1. The fourth-order valence-corrected chi connectivity index (χ4v) is 3.97. The molecule has 1 atom stereocenters. The van der Waals surface area contributed by atoms with Gasteiger partial charge in [-0.25, -0.2) is 4.98 Å². The number of nitriles is 2. The van der Waals surface area contributed by atoms with E-state index in [2.05, 4.69) is 42.7 Å². The summed E-state index contributed by atoms with van der Waals surface area (Å²) >= 11 is 3.14. The normalized spacial score (nSPS) is 11.4. The molecule has 0 fully saturated rings. The maximum Gasteiger partial charge on any atom is 0.266 e. The SMILES string of the molecule is CC(Sc1nc(N)c(C#N)c(-c2c([O-])on[n+]2C)c1C#N)C(=O)Nc1ccc(I)cc1. The highest BCUT2D eigenvalue weighted by atomic mass is 127. The number of rotatable bonds is 5. The molecule has 12 heteroatoms. The number of hydrogen-bond acceptors (Lipinski definition) is 9. The second kappa shape index (κ2) is 9.20. The van der Waals surface area contributed by atoms with Gasteiger partial charge in [-0.15, -0.1) is 0 Å². The van der Waals surface area contributed by atoms with Gasteiger partial charge in [-0.05, 0) is 53.8 Å². The van der Waals surface area contributed by atoms with E-state index in [-0.39, 0.29) is 39.1 Å². The molecule has 1 amide bonds. The highest BCUT2D eigenvalue weighted by Crippen LogP contribution is 2.37. The summed E-state index contributed by atoms with van der Waals surface area (Å²) in [5.74, 6) is -1.33. The number of aryl methyl sites for hydroxylation is 1. The maximum atomic E-state index is 12.6. The first-order chi connectivity index (χ1) is 14.8. The number of pyridine rings is 1. The van der Waals surface area contributed by atoms with Crippen molar-refractivity contribution in [3.05, 3.63) is 39.0 Å². The first-order valence-corrected chi connectivity index (χ1v) is 10.6.